The minimum absolute atomic E-state index is 0.107. The van der Waals surface area contributed by atoms with Crippen molar-refractivity contribution < 1.29 is 9.53 Å². The highest BCUT2D eigenvalue weighted by Gasteiger charge is 2.43. The summed E-state index contributed by atoms with van der Waals surface area (Å²) in [5.41, 5.74) is -0.107. The monoisotopic (exact) mass is 308 g/mol. The van der Waals surface area contributed by atoms with Crippen LogP contribution in [-0.4, -0.2) is 50.2 Å². The number of hydrogen-bond acceptors (Lipinski definition) is 3. The third kappa shape index (κ3) is 3.83. The van der Waals surface area contributed by atoms with Crippen LogP contribution >= 0.6 is 0 Å². The fourth-order valence-electron chi connectivity index (χ4n) is 4.20. The summed E-state index contributed by atoms with van der Waals surface area (Å²) in [4.78, 5) is 15.2. The lowest BCUT2D eigenvalue weighted by molar-refractivity contribution is -0.144. The summed E-state index contributed by atoms with van der Waals surface area (Å²) in [5, 5.41) is 3.70. The Hall–Kier alpha value is -0.610. The van der Waals surface area contributed by atoms with Crippen LogP contribution in [-0.2, 0) is 9.53 Å². The highest BCUT2D eigenvalue weighted by molar-refractivity contribution is 5.83. The molecule has 1 heterocycles. The van der Waals surface area contributed by atoms with Crippen LogP contribution < -0.4 is 5.32 Å². The third-order valence-corrected chi connectivity index (χ3v) is 5.97. The summed E-state index contributed by atoms with van der Waals surface area (Å²) in [6.45, 7) is 3.79. The van der Waals surface area contributed by atoms with E-state index in [1.807, 2.05) is 0 Å². The van der Waals surface area contributed by atoms with E-state index in [2.05, 4.69) is 10.2 Å². The molecule has 3 rings (SSSR count). The number of carbonyl (C=O) groups is 1. The molecule has 0 aromatic carbocycles. The molecule has 0 radical (unpaired) electrons. The molecule has 3 aliphatic rings. The molecular weight excluding hydrogens is 276 g/mol. The van der Waals surface area contributed by atoms with Crippen molar-refractivity contribution in [3.05, 3.63) is 0 Å². The zero-order chi connectivity index (χ0) is 15.4. The molecule has 0 unspecified atom stereocenters. The first-order chi connectivity index (χ1) is 10.7. The maximum Gasteiger partial charge on any atom is 0.228 e. The average Bonchev–Trinajstić information content (AvgIpc) is 3.27. The second kappa shape index (κ2) is 7.31. The molecule has 0 aromatic heterocycles. The number of methoxy groups -OCH3 is 1. The SMILES string of the molecule is COCCC1(C(=O)N2CCC(NCC3CC3)CC2)CCCC1. The van der Waals surface area contributed by atoms with Gasteiger partial charge >= 0.3 is 0 Å². The molecular formula is C18H32N2O2. The van der Waals surface area contributed by atoms with Gasteiger partial charge in [-0.25, -0.2) is 0 Å². The molecule has 1 amide bonds. The molecule has 4 heteroatoms. The summed E-state index contributed by atoms with van der Waals surface area (Å²) >= 11 is 0. The largest absolute Gasteiger partial charge is 0.385 e. The van der Waals surface area contributed by atoms with Gasteiger partial charge in [0.05, 0.1) is 5.41 Å². The van der Waals surface area contributed by atoms with E-state index in [-0.39, 0.29) is 5.41 Å². The van der Waals surface area contributed by atoms with Gasteiger partial charge in [0.25, 0.3) is 0 Å². The number of hydrogen-bond donors (Lipinski definition) is 1. The van der Waals surface area contributed by atoms with Crippen LogP contribution in [0.25, 0.3) is 0 Å². The molecule has 1 aliphatic heterocycles. The third-order valence-electron chi connectivity index (χ3n) is 5.97. The van der Waals surface area contributed by atoms with Crippen molar-refractivity contribution >= 4 is 5.91 Å². The normalized spacial score (nSPS) is 25.6. The fraction of sp³-hybridized carbons (Fsp3) is 0.944. The molecule has 1 saturated heterocycles. The second-order valence-electron chi connectivity index (χ2n) is 7.65. The number of piperidine rings is 1. The van der Waals surface area contributed by atoms with E-state index in [1.54, 1.807) is 7.11 Å². The molecule has 0 bridgehead atoms. The Bertz CT molecular complexity index is 367. The number of nitrogens with one attached hydrogen (secondary N) is 1. The number of ether oxygens (including phenoxy) is 1. The summed E-state index contributed by atoms with van der Waals surface area (Å²) in [5.74, 6) is 1.36. The van der Waals surface area contributed by atoms with Crippen molar-refractivity contribution in [2.45, 2.75) is 63.8 Å². The second-order valence-corrected chi connectivity index (χ2v) is 7.65. The van der Waals surface area contributed by atoms with Gasteiger partial charge in [-0.2, -0.15) is 0 Å². The first kappa shape index (κ1) is 16.3. The lowest BCUT2D eigenvalue weighted by Gasteiger charge is -2.38. The topological polar surface area (TPSA) is 41.6 Å². The maximum atomic E-state index is 13.1. The van der Waals surface area contributed by atoms with Crippen LogP contribution in [0.3, 0.4) is 0 Å². The summed E-state index contributed by atoms with van der Waals surface area (Å²) in [6.07, 6.45) is 10.5. The van der Waals surface area contributed by atoms with E-state index in [9.17, 15) is 4.79 Å². The van der Waals surface area contributed by atoms with Crippen molar-refractivity contribution in [3.8, 4) is 0 Å². The van der Waals surface area contributed by atoms with E-state index >= 15 is 0 Å². The Morgan fingerprint density at radius 3 is 2.45 bits per heavy atom. The summed E-state index contributed by atoms with van der Waals surface area (Å²) < 4.78 is 5.26. The Morgan fingerprint density at radius 1 is 1.18 bits per heavy atom. The lowest BCUT2D eigenvalue weighted by atomic mass is 9.81. The van der Waals surface area contributed by atoms with Gasteiger partial charge in [-0.3, -0.25) is 4.79 Å². The van der Waals surface area contributed by atoms with Gasteiger partial charge in [-0.15, -0.1) is 0 Å². The quantitative estimate of drug-likeness (QED) is 0.786. The van der Waals surface area contributed by atoms with Gasteiger partial charge < -0.3 is 15.0 Å². The van der Waals surface area contributed by atoms with Crippen molar-refractivity contribution in [2.24, 2.45) is 11.3 Å². The van der Waals surface area contributed by atoms with Crippen molar-refractivity contribution in [3.63, 3.8) is 0 Å². The number of carbonyl (C=O) groups excluding carboxylic acids is 1. The van der Waals surface area contributed by atoms with Gasteiger partial charge in [0.1, 0.15) is 0 Å². The van der Waals surface area contributed by atoms with E-state index in [0.29, 0.717) is 18.6 Å². The fourth-order valence-corrected chi connectivity index (χ4v) is 4.20. The minimum Gasteiger partial charge on any atom is -0.385 e. The molecule has 22 heavy (non-hydrogen) atoms. The molecule has 4 nitrogen and oxygen atoms in total. The van der Waals surface area contributed by atoms with Crippen molar-refractivity contribution in [2.75, 3.05) is 33.4 Å². The molecule has 0 spiro atoms. The molecule has 2 saturated carbocycles. The Kier molecular flexibility index (Phi) is 5.40. The lowest BCUT2D eigenvalue weighted by Crippen LogP contribution is -2.50. The van der Waals surface area contributed by atoms with Crippen LogP contribution in [0.4, 0.5) is 0 Å². The summed E-state index contributed by atoms with van der Waals surface area (Å²) in [6, 6.07) is 0.628. The van der Waals surface area contributed by atoms with Crippen LogP contribution in [0.5, 0.6) is 0 Å². The highest BCUT2D eigenvalue weighted by Crippen LogP contribution is 2.43. The van der Waals surface area contributed by atoms with Gasteiger partial charge in [0.2, 0.25) is 5.91 Å². The van der Waals surface area contributed by atoms with Crippen LogP contribution in [0.15, 0.2) is 0 Å². The Balaban J connectivity index is 1.49. The van der Waals surface area contributed by atoms with Crippen LogP contribution in [0.2, 0.25) is 0 Å². The van der Waals surface area contributed by atoms with Gasteiger partial charge in [-0.05, 0) is 57.4 Å². The number of rotatable bonds is 7. The van der Waals surface area contributed by atoms with Crippen molar-refractivity contribution in [1.29, 1.82) is 0 Å². The number of nitrogens with zero attached hydrogens (tertiary/aromatic N) is 1. The van der Waals surface area contributed by atoms with Gasteiger partial charge in [-0.1, -0.05) is 12.8 Å². The first-order valence-corrected chi connectivity index (χ1v) is 9.25. The average molecular weight is 308 g/mol. The highest BCUT2D eigenvalue weighted by atomic mass is 16.5. The zero-order valence-corrected chi connectivity index (χ0v) is 14.1. The maximum absolute atomic E-state index is 13.1. The Morgan fingerprint density at radius 2 is 1.86 bits per heavy atom. The van der Waals surface area contributed by atoms with Crippen LogP contribution in [0.1, 0.15) is 57.8 Å². The first-order valence-electron chi connectivity index (χ1n) is 9.25. The van der Waals surface area contributed by atoms with E-state index in [4.69, 9.17) is 4.74 Å². The minimum atomic E-state index is -0.107. The van der Waals surface area contributed by atoms with E-state index in [1.165, 1.54) is 32.2 Å². The molecule has 2 aliphatic carbocycles. The predicted molar refractivity (Wildman–Crippen MR) is 87.7 cm³/mol. The smallest absolute Gasteiger partial charge is 0.228 e. The van der Waals surface area contributed by atoms with Gasteiger partial charge in [0.15, 0.2) is 0 Å². The Labute approximate surface area is 135 Å². The van der Waals surface area contributed by atoms with E-state index < -0.39 is 0 Å². The molecule has 1 N–H and O–H groups in total. The standard InChI is InChI=1S/C18H32N2O2/c1-22-13-10-18(8-2-3-9-18)17(21)20-11-6-16(7-12-20)19-14-15-4-5-15/h15-16,19H,2-14H2,1H3. The molecule has 0 atom stereocenters. The molecule has 0 aromatic rings. The predicted octanol–water partition coefficient (Wildman–Crippen LogP) is 2.57. The zero-order valence-electron chi connectivity index (χ0n) is 14.1. The summed E-state index contributed by atoms with van der Waals surface area (Å²) in [7, 11) is 1.74. The van der Waals surface area contributed by atoms with E-state index in [0.717, 1.165) is 51.1 Å². The van der Waals surface area contributed by atoms with Crippen molar-refractivity contribution in [1.82, 2.24) is 10.2 Å². The number of likely N-dealkylation sites (tertiary alicyclic amines) is 1. The number of amides is 1. The molecule has 126 valence electrons. The molecule has 3 fully saturated rings. The van der Waals surface area contributed by atoms with Crippen LogP contribution in [0, 0.1) is 11.3 Å². The van der Waals surface area contributed by atoms with Gasteiger partial charge in [0, 0.05) is 32.8 Å².